The number of carbonyl (C=O) groups is 1. The minimum absolute atomic E-state index is 0.0452. The second kappa shape index (κ2) is 7.08. The second-order valence-corrected chi connectivity index (χ2v) is 5.65. The van der Waals surface area contributed by atoms with Gasteiger partial charge in [-0.25, -0.2) is 4.79 Å². The Labute approximate surface area is 138 Å². The number of nitrogens with zero attached hydrogens (tertiary/aromatic N) is 2. The Hall–Kier alpha value is -2.96. The van der Waals surface area contributed by atoms with Gasteiger partial charge in [-0.2, -0.15) is 0 Å². The molecule has 0 saturated carbocycles. The van der Waals surface area contributed by atoms with Crippen molar-refractivity contribution in [1.82, 2.24) is 4.57 Å². The summed E-state index contributed by atoms with van der Waals surface area (Å²) in [5.74, 6) is -1.19. The molecule has 0 aliphatic heterocycles. The molecule has 0 spiro atoms. The van der Waals surface area contributed by atoms with Gasteiger partial charge in [0, 0.05) is 12.1 Å². The Bertz CT molecular complexity index is 824. The monoisotopic (exact) mass is 330 g/mol. The average molecular weight is 330 g/mol. The molecule has 1 N–H and O–H groups in total. The van der Waals surface area contributed by atoms with Crippen LogP contribution in [0.5, 0.6) is 0 Å². The minimum atomic E-state index is -1.19. The molecule has 126 valence electrons. The molecule has 0 aliphatic carbocycles. The van der Waals surface area contributed by atoms with Crippen molar-refractivity contribution in [1.29, 1.82) is 0 Å². The van der Waals surface area contributed by atoms with Crippen LogP contribution < -0.4 is 5.56 Å². The van der Waals surface area contributed by atoms with E-state index in [0.29, 0.717) is 6.42 Å². The van der Waals surface area contributed by atoms with Crippen molar-refractivity contribution < 1.29 is 14.8 Å². The van der Waals surface area contributed by atoms with Gasteiger partial charge >= 0.3 is 5.97 Å². The van der Waals surface area contributed by atoms with Gasteiger partial charge < -0.3 is 5.11 Å². The average Bonchev–Trinajstić information content (AvgIpc) is 2.51. The molecule has 0 radical (unpaired) electrons. The van der Waals surface area contributed by atoms with Gasteiger partial charge in [0.25, 0.3) is 11.2 Å². The number of aliphatic carboxylic acids is 1. The standard InChI is InChI=1S/C17H18N2O5/c1-11-3-5-13(6-4-11)7-8-15(17(21)22)18-12(2)14(19(23)24)9-10-16(18)20/h3-6,9-10,15H,7-8H2,1-2H3,(H,21,22). The maximum Gasteiger partial charge on any atom is 0.326 e. The number of benzene rings is 1. The summed E-state index contributed by atoms with van der Waals surface area (Å²) in [4.78, 5) is 34.1. The molecule has 0 aliphatic rings. The number of carboxylic acids is 1. The van der Waals surface area contributed by atoms with Crippen molar-refractivity contribution in [3.8, 4) is 0 Å². The zero-order valence-electron chi connectivity index (χ0n) is 13.4. The smallest absolute Gasteiger partial charge is 0.326 e. The summed E-state index contributed by atoms with van der Waals surface area (Å²) in [6.07, 6.45) is 0.617. The summed E-state index contributed by atoms with van der Waals surface area (Å²) in [6, 6.07) is 8.64. The molecule has 24 heavy (non-hydrogen) atoms. The number of carboxylic acid groups (broad SMARTS) is 1. The molecule has 2 aromatic rings. The third-order valence-electron chi connectivity index (χ3n) is 3.97. The lowest BCUT2D eigenvalue weighted by molar-refractivity contribution is -0.386. The van der Waals surface area contributed by atoms with E-state index in [9.17, 15) is 24.8 Å². The Morgan fingerprint density at radius 1 is 1.21 bits per heavy atom. The van der Waals surface area contributed by atoms with E-state index < -0.39 is 22.5 Å². The van der Waals surface area contributed by atoms with Gasteiger partial charge in [-0.1, -0.05) is 29.8 Å². The Kier molecular flexibility index (Phi) is 5.13. The van der Waals surface area contributed by atoms with E-state index in [1.54, 1.807) is 0 Å². The van der Waals surface area contributed by atoms with Crippen LogP contribution in [0.25, 0.3) is 0 Å². The van der Waals surface area contributed by atoms with Crippen LogP contribution in [0.4, 0.5) is 5.69 Å². The lowest BCUT2D eigenvalue weighted by atomic mass is 10.0. The second-order valence-electron chi connectivity index (χ2n) is 5.65. The van der Waals surface area contributed by atoms with Gasteiger partial charge in [-0.3, -0.25) is 19.5 Å². The lowest BCUT2D eigenvalue weighted by Gasteiger charge is -2.18. The molecule has 0 fully saturated rings. The lowest BCUT2D eigenvalue weighted by Crippen LogP contribution is -2.32. The molecule has 1 aromatic carbocycles. The number of pyridine rings is 1. The number of aryl methyl sites for hydroxylation is 2. The van der Waals surface area contributed by atoms with Crippen molar-refractivity contribution in [2.24, 2.45) is 0 Å². The van der Waals surface area contributed by atoms with Crippen LogP contribution in [0.3, 0.4) is 0 Å². The molecule has 7 heteroatoms. The van der Waals surface area contributed by atoms with E-state index in [-0.39, 0.29) is 17.8 Å². The van der Waals surface area contributed by atoms with Crippen LogP contribution >= 0.6 is 0 Å². The molecule has 0 amide bonds. The van der Waals surface area contributed by atoms with Crippen LogP contribution in [-0.2, 0) is 11.2 Å². The third-order valence-corrected chi connectivity index (χ3v) is 3.97. The quantitative estimate of drug-likeness (QED) is 0.648. The SMILES string of the molecule is Cc1ccc(CCC(C(=O)O)n2c(C)c([N+](=O)[O-])ccc2=O)cc1. The number of aromatic nitrogens is 1. The fourth-order valence-corrected chi connectivity index (χ4v) is 2.64. The molecule has 1 aromatic heterocycles. The van der Waals surface area contributed by atoms with Gasteiger partial charge in [-0.15, -0.1) is 0 Å². The van der Waals surface area contributed by atoms with Crippen LogP contribution in [0.1, 0.15) is 29.3 Å². The van der Waals surface area contributed by atoms with E-state index in [4.69, 9.17) is 0 Å². The molecule has 1 atom stereocenters. The minimum Gasteiger partial charge on any atom is -0.480 e. The summed E-state index contributed by atoms with van der Waals surface area (Å²) < 4.78 is 0.995. The number of hydrogen-bond donors (Lipinski definition) is 1. The maximum absolute atomic E-state index is 12.1. The summed E-state index contributed by atoms with van der Waals surface area (Å²) in [5.41, 5.74) is 1.26. The number of rotatable bonds is 6. The summed E-state index contributed by atoms with van der Waals surface area (Å²) in [6.45, 7) is 3.34. The van der Waals surface area contributed by atoms with Crippen LogP contribution in [0.2, 0.25) is 0 Å². The fourth-order valence-electron chi connectivity index (χ4n) is 2.64. The first-order valence-corrected chi connectivity index (χ1v) is 7.46. The van der Waals surface area contributed by atoms with Gasteiger partial charge in [0.15, 0.2) is 0 Å². The van der Waals surface area contributed by atoms with Gasteiger partial charge in [0.05, 0.1) is 10.6 Å². The molecule has 0 saturated heterocycles. The largest absolute Gasteiger partial charge is 0.480 e. The molecular formula is C17H18N2O5. The predicted molar refractivity (Wildman–Crippen MR) is 88.3 cm³/mol. The van der Waals surface area contributed by atoms with E-state index in [1.165, 1.54) is 6.92 Å². The van der Waals surface area contributed by atoms with Crippen molar-refractivity contribution in [3.05, 3.63) is 73.7 Å². The summed E-state index contributed by atoms with van der Waals surface area (Å²) in [5, 5.41) is 20.5. The molecule has 1 unspecified atom stereocenters. The van der Waals surface area contributed by atoms with E-state index in [1.807, 2.05) is 31.2 Å². The fraction of sp³-hybridized carbons (Fsp3) is 0.294. The Balaban J connectivity index is 2.36. The van der Waals surface area contributed by atoms with Crippen molar-refractivity contribution in [2.45, 2.75) is 32.7 Å². The van der Waals surface area contributed by atoms with Crippen molar-refractivity contribution in [2.75, 3.05) is 0 Å². The van der Waals surface area contributed by atoms with Gasteiger partial charge in [0.1, 0.15) is 6.04 Å². The highest BCUT2D eigenvalue weighted by Crippen LogP contribution is 2.22. The van der Waals surface area contributed by atoms with Crippen molar-refractivity contribution in [3.63, 3.8) is 0 Å². The summed E-state index contributed by atoms with van der Waals surface area (Å²) in [7, 11) is 0. The topological polar surface area (TPSA) is 102 Å². The Morgan fingerprint density at radius 2 is 1.83 bits per heavy atom. The maximum atomic E-state index is 12.1. The zero-order chi connectivity index (χ0) is 17.9. The molecule has 1 heterocycles. The Morgan fingerprint density at radius 3 is 2.38 bits per heavy atom. The van der Waals surface area contributed by atoms with Gasteiger partial charge in [-0.05, 0) is 32.3 Å². The third kappa shape index (κ3) is 3.68. The highest BCUT2D eigenvalue weighted by molar-refractivity contribution is 5.72. The predicted octanol–water partition coefficient (Wildman–Crippen LogP) is 2.63. The normalized spacial score (nSPS) is 11.9. The van der Waals surface area contributed by atoms with Gasteiger partial charge in [0.2, 0.25) is 0 Å². The highest BCUT2D eigenvalue weighted by atomic mass is 16.6. The molecule has 7 nitrogen and oxygen atoms in total. The molecule has 0 bridgehead atoms. The van der Waals surface area contributed by atoms with Crippen LogP contribution in [-0.4, -0.2) is 20.6 Å². The first-order chi connectivity index (χ1) is 11.3. The zero-order valence-corrected chi connectivity index (χ0v) is 13.4. The molecular weight excluding hydrogens is 312 g/mol. The van der Waals surface area contributed by atoms with E-state index in [2.05, 4.69) is 0 Å². The number of hydrogen-bond acceptors (Lipinski definition) is 4. The van der Waals surface area contributed by atoms with Crippen LogP contribution in [0.15, 0.2) is 41.2 Å². The van der Waals surface area contributed by atoms with Crippen LogP contribution in [0, 0.1) is 24.0 Å². The summed E-state index contributed by atoms with van der Waals surface area (Å²) >= 11 is 0. The first-order valence-electron chi connectivity index (χ1n) is 7.46. The number of nitro groups is 1. The first kappa shape index (κ1) is 17.4. The van der Waals surface area contributed by atoms with E-state index >= 15 is 0 Å². The molecule has 2 rings (SSSR count). The van der Waals surface area contributed by atoms with Crippen molar-refractivity contribution >= 4 is 11.7 Å². The van der Waals surface area contributed by atoms with E-state index in [0.717, 1.165) is 27.8 Å². The highest BCUT2D eigenvalue weighted by Gasteiger charge is 2.26.